The lowest BCUT2D eigenvalue weighted by Gasteiger charge is -2.35. The lowest BCUT2D eigenvalue weighted by atomic mass is 10.2. The summed E-state index contributed by atoms with van der Waals surface area (Å²) in [5.41, 5.74) is 1.41. The van der Waals surface area contributed by atoms with E-state index < -0.39 is 0 Å². The van der Waals surface area contributed by atoms with Gasteiger partial charge in [-0.1, -0.05) is 0 Å². The van der Waals surface area contributed by atoms with Gasteiger partial charge in [-0.15, -0.1) is 0 Å². The van der Waals surface area contributed by atoms with Gasteiger partial charge in [-0.3, -0.25) is 9.69 Å². The van der Waals surface area contributed by atoms with Crippen LogP contribution in [0.15, 0.2) is 18.2 Å². The molecule has 1 fully saturated rings. The number of hydrogen-bond acceptors (Lipinski definition) is 4. The van der Waals surface area contributed by atoms with E-state index in [1.165, 1.54) is 12.1 Å². The lowest BCUT2D eigenvalue weighted by molar-refractivity contribution is -0.122. The highest BCUT2D eigenvalue weighted by Crippen LogP contribution is 2.13. The summed E-state index contributed by atoms with van der Waals surface area (Å²) in [4.78, 5) is 21.7. The number of ether oxygens (including phenoxy) is 1. The van der Waals surface area contributed by atoms with Gasteiger partial charge >= 0.3 is 0 Å². The summed E-state index contributed by atoms with van der Waals surface area (Å²) in [5, 5.41) is 2.92. The van der Waals surface area contributed by atoms with Crippen LogP contribution in [-0.4, -0.2) is 59.2 Å². The minimum absolute atomic E-state index is 0.0361. The number of aromatic nitrogens is 2. The van der Waals surface area contributed by atoms with Crippen molar-refractivity contribution < 1.29 is 13.9 Å². The molecule has 2 aromatic rings. The zero-order valence-corrected chi connectivity index (χ0v) is 14.7. The number of amides is 1. The quantitative estimate of drug-likeness (QED) is 0.836. The molecule has 0 radical (unpaired) electrons. The van der Waals surface area contributed by atoms with Crippen LogP contribution in [0.5, 0.6) is 0 Å². The minimum atomic E-state index is -0.289. The van der Waals surface area contributed by atoms with Gasteiger partial charge in [0, 0.05) is 39.0 Å². The summed E-state index contributed by atoms with van der Waals surface area (Å²) in [6.07, 6.45) is 1.49. The highest BCUT2D eigenvalue weighted by molar-refractivity contribution is 5.76. The number of nitrogens with one attached hydrogen (secondary N) is 2. The van der Waals surface area contributed by atoms with Gasteiger partial charge in [0.05, 0.1) is 23.2 Å². The number of imidazole rings is 1. The monoisotopic (exact) mass is 348 g/mol. The molecule has 1 amide bonds. The van der Waals surface area contributed by atoms with Crippen molar-refractivity contribution in [1.82, 2.24) is 20.2 Å². The third-order valence-electron chi connectivity index (χ3n) is 4.33. The maximum atomic E-state index is 13.2. The molecule has 1 aromatic carbocycles. The molecule has 2 heterocycles. The minimum Gasteiger partial charge on any atom is -0.373 e. The Morgan fingerprint density at radius 2 is 2.16 bits per heavy atom. The molecule has 7 heteroatoms. The van der Waals surface area contributed by atoms with E-state index in [9.17, 15) is 9.18 Å². The molecule has 1 saturated heterocycles. The Kier molecular flexibility index (Phi) is 5.65. The first-order valence-corrected chi connectivity index (χ1v) is 8.78. The first kappa shape index (κ1) is 17.8. The van der Waals surface area contributed by atoms with Gasteiger partial charge in [-0.25, -0.2) is 9.37 Å². The molecule has 0 unspecified atom stereocenters. The predicted octanol–water partition coefficient (Wildman–Crippen LogP) is 1.86. The van der Waals surface area contributed by atoms with Crippen molar-refractivity contribution in [3.8, 4) is 0 Å². The molecule has 1 aromatic heterocycles. The number of fused-ring (bicyclic) bond motifs is 1. The Labute approximate surface area is 146 Å². The molecule has 1 aliphatic heterocycles. The van der Waals surface area contributed by atoms with Crippen molar-refractivity contribution in [2.24, 2.45) is 0 Å². The molecule has 0 spiro atoms. The van der Waals surface area contributed by atoms with Crippen molar-refractivity contribution in [1.29, 1.82) is 0 Å². The Morgan fingerprint density at radius 1 is 1.40 bits per heavy atom. The number of aromatic amines is 1. The van der Waals surface area contributed by atoms with E-state index in [2.05, 4.69) is 34.0 Å². The maximum absolute atomic E-state index is 13.2. The molecule has 6 nitrogen and oxygen atoms in total. The number of halogens is 1. The summed E-state index contributed by atoms with van der Waals surface area (Å²) in [7, 11) is 0. The van der Waals surface area contributed by atoms with Crippen LogP contribution >= 0.6 is 0 Å². The number of rotatable bonds is 6. The van der Waals surface area contributed by atoms with E-state index in [4.69, 9.17) is 4.74 Å². The standard InChI is InChI=1S/C18H25FN4O2/c1-12-10-23(11-13(2)25-12)8-6-18(24)20-7-5-17-21-15-4-3-14(19)9-16(15)22-17/h3-4,9,12-13H,5-8,10-11H2,1-2H3,(H,20,24)(H,21,22)/t12-,13+. The predicted molar refractivity (Wildman–Crippen MR) is 93.8 cm³/mol. The second-order valence-electron chi connectivity index (χ2n) is 6.71. The Balaban J connectivity index is 1.40. The van der Waals surface area contributed by atoms with Crippen LogP contribution in [-0.2, 0) is 16.0 Å². The van der Waals surface area contributed by atoms with Gasteiger partial charge in [0.2, 0.25) is 5.91 Å². The summed E-state index contributed by atoms with van der Waals surface area (Å²) < 4.78 is 18.9. The van der Waals surface area contributed by atoms with Crippen molar-refractivity contribution in [3.63, 3.8) is 0 Å². The van der Waals surface area contributed by atoms with E-state index >= 15 is 0 Å². The number of benzene rings is 1. The van der Waals surface area contributed by atoms with Crippen molar-refractivity contribution in [2.75, 3.05) is 26.2 Å². The second kappa shape index (κ2) is 7.93. The van der Waals surface area contributed by atoms with Crippen LogP contribution in [0.2, 0.25) is 0 Å². The molecular formula is C18H25FN4O2. The summed E-state index contributed by atoms with van der Waals surface area (Å²) in [6, 6.07) is 4.46. The van der Waals surface area contributed by atoms with E-state index in [0.29, 0.717) is 24.9 Å². The molecular weight excluding hydrogens is 323 g/mol. The number of carbonyl (C=O) groups is 1. The molecule has 3 rings (SSSR count). The van der Waals surface area contributed by atoms with Gasteiger partial charge in [-0.2, -0.15) is 0 Å². The molecule has 0 bridgehead atoms. The van der Waals surface area contributed by atoms with Crippen LogP contribution in [0.25, 0.3) is 11.0 Å². The van der Waals surface area contributed by atoms with E-state index in [0.717, 1.165) is 31.0 Å². The SMILES string of the molecule is C[C@@H]1CN(CCC(=O)NCCc2nc3ccc(F)cc3[nH]2)C[C@H](C)O1. The zero-order chi connectivity index (χ0) is 17.8. The number of hydrogen-bond donors (Lipinski definition) is 2. The van der Waals surface area contributed by atoms with Crippen molar-refractivity contribution in [3.05, 3.63) is 29.8 Å². The Morgan fingerprint density at radius 3 is 2.92 bits per heavy atom. The first-order chi connectivity index (χ1) is 12.0. The number of carbonyl (C=O) groups excluding carboxylic acids is 1. The Hall–Kier alpha value is -1.99. The Bertz CT molecular complexity index is 723. The van der Waals surface area contributed by atoms with Crippen molar-refractivity contribution >= 4 is 16.9 Å². The van der Waals surface area contributed by atoms with Crippen LogP contribution in [0.1, 0.15) is 26.1 Å². The van der Waals surface area contributed by atoms with Gasteiger partial charge in [-0.05, 0) is 32.0 Å². The number of H-pyrrole nitrogens is 1. The molecule has 2 atom stereocenters. The van der Waals surface area contributed by atoms with Gasteiger partial charge < -0.3 is 15.0 Å². The van der Waals surface area contributed by atoms with Gasteiger partial charge in [0.1, 0.15) is 11.6 Å². The van der Waals surface area contributed by atoms with Crippen LogP contribution in [0.4, 0.5) is 4.39 Å². The maximum Gasteiger partial charge on any atom is 0.221 e. The molecule has 136 valence electrons. The largest absolute Gasteiger partial charge is 0.373 e. The average Bonchev–Trinajstić information content (AvgIpc) is 2.94. The second-order valence-corrected chi connectivity index (χ2v) is 6.71. The lowest BCUT2D eigenvalue weighted by Crippen LogP contribution is -2.46. The van der Waals surface area contributed by atoms with E-state index in [1.807, 2.05) is 0 Å². The topological polar surface area (TPSA) is 70.2 Å². The first-order valence-electron chi connectivity index (χ1n) is 8.78. The van der Waals surface area contributed by atoms with Crippen LogP contribution < -0.4 is 5.32 Å². The van der Waals surface area contributed by atoms with Crippen molar-refractivity contribution in [2.45, 2.75) is 38.9 Å². The van der Waals surface area contributed by atoms with E-state index in [1.54, 1.807) is 6.07 Å². The summed E-state index contributed by atoms with van der Waals surface area (Å²) in [6.45, 7) is 7.11. The van der Waals surface area contributed by atoms with Gasteiger partial charge in [0.25, 0.3) is 0 Å². The number of nitrogens with zero attached hydrogens (tertiary/aromatic N) is 2. The molecule has 2 N–H and O–H groups in total. The van der Waals surface area contributed by atoms with E-state index in [-0.39, 0.29) is 23.9 Å². The normalized spacial score (nSPS) is 21.6. The van der Waals surface area contributed by atoms with Crippen LogP contribution in [0, 0.1) is 5.82 Å². The fourth-order valence-electron chi connectivity index (χ4n) is 3.29. The molecule has 25 heavy (non-hydrogen) atoms. The molecule has 1 aliphatic rings. The number of morpholine rings is 1. The van der Waals surface area contributed by atoms with Gasteiger partial charge in [0.15, 0.2) is 0 Å². The average molecular weight is 348 g/mol. The summed E-state index contributed by atoms with van der Waals surface area (Å²) >= 11 is 0. The summed E-state index contributed by atoms with van der Waals surface area (Å²) in [5.74, 6) is 0.494. The molecule has 0 aliphatic carbocycles. The molecule has 0 saturated carbocycles. The smallest absolute Gasteiger partial charge is 0.221 e. The highest BCUT2D eigenvalue weighted by Gasteiger charge is 2.22. The third kappa shape index (κ3) is 4.99. The fraction of sp³-hybridized carbons (Fsp3) is 0.556. The third-order valence-corrected chi connectivity index (χ3v) is 4.33. The van der Waals surface area contributed by atoms with Crippen LogP contribution in [0.3, 0.4) is 0 Å². The zero-order valence-electron chi connectivity index (χ0n) is 14.7. The fourth-order valence-corrected chi connectivity index (χ4v) is 3.29. The highest BCUT2D eigenvalue weighted by atomic mass is 19.1.